The van der Waals surface area contributed by atoms with E-state index in [9.17, 15) is 4.79 Å². The van der Waals surface area contributed by atoms with Crippen LogP contribution in [0.1, 0.15) is 10.5 Å². The van der Waals surface area contributed by atoms with Gasteiger partial charge in [-0.05, 0) is 46.9 Å². The number of anilines is 1. The minimum Gasteiger partial charge on any atom is -0.319 e. The summed E-state index contributed by atoms with van der Waals surface area (Å²) in [7, 11) is 1.82. The number of fused-ring (bicyclic) bond motifs is 1. The van der Waals surface area contributed by atoms with Gasteiger partial charge in [-0.1, -0.05) is 29.8 Å². The van der Waals surface area contributed by atoms with Crippen molar-refractivity contribution in [2.75, 3.05) is 5.32 Å². The molecule has 3 aromatic rings. The van der Waals surface area contributed by atoms with Gasteiger partial charge in [0.2, 0.25) is 0 Å². The lowest BCUT2D eigenvalue weighted by molar-refractivity contribution is 0.102. The van der Waals surface area contributed by atoms with Crippen molar-refractivity contribution >= 4 is 56.7 Å². The van der Waals surface area contributed by atoms with Gasteiger partial charge in [-0.15, -0.1) is 0 Å². The number of benzene rings is 2. The molecule has 0 fully saturated rings. The maximum Gasteiger partial charge on any atom is 0.276 e. The Bertz CT molecular complexity index is 844. The molecule has 0 saturated heterocycles. The average molecular weight is 412 g/mol. The first-order valence-corrected chi connectivity index (χ1v) is 7.70. The highest BCUT2D eigenvalue weighted by molar-refractivity contribution is 14.1. The predicted molar refractivity (Wildman–Crippen MR) is 92.8 cm³/mol. The molecule has 1 aromatic heterocycles. The van der Waals surface area contributed by atoms with E-state index >= 15 is 0 Å². The highest BCUT2D eigenvalue weighted by Gasteiger charge is 2.16. The van der Waals surface area contributed by atoms with Crippen molar-refractivity contribution < 1.29 is 4.79 Å². The number of amides is 1. The summed E-state index contributed by atoms with van der Waals surface area (Å²) in [6, 6.07) is 13.1. The molecule has 0 unspecified atom stereocenters. The van der Waals surface area contributed by atoms with E-state index in [2.05, 4.69) is 33.0 Å². The zero-order valence-electron chi connectivity index (χ0n) is 11.1. The number of hydrogen-bond donors (Lipinski definition) is 1. The molecule has 3 rings (SSSR count). The van der Waals surface area contributed by atoms with Gasteiger partial charge in [0.05, 0.1) is 16.2 Å². The number of carbonyl (C=O) groups is 1. The zero-order chi connectivity index (χ0) is 15.0. The van der Waals surface area contributed by atoms with Crippen LogP contribution >= 0.6 is 34.2 Å². The van der Waals surface area contributed by atoms with Crippen molar-refractivity contribution in [1.82, 2.24) is 9.78 Å². The fourth-order valence-electron chi connectivity index (χ4n) is 2.15. The minimum absolute atomic E-state index is 0.269. The molecule has 0 spiro atoms. The number of halogens is 2. The molecule has 21 heavy (non-hydrogen) atoms. The molecule has 0 atom stereocenters. The van der Waals surface area contributed by atoms with Crippen LogP contribution in [0.15, 0.2) is 42.5 Å². The van der Waals surface area contributed by atoms with Gasteiger partial charge in [-0.2, -0.15) is 5.10 Å². The third-order valence-corrected chi connectivity index (χ3v) is 4.14. The minimum atomic E-state index is -0.269. The zero-order valence-corrected chi connectivity index (χ0v) is 14.0. The van der Waals surface area contributed by atoms with Gasteiger partial charge in [0.1, 0.15) is 0 Å². The summed E-state index contributed by atoms with van der Waals surface area (Å²) in [5.41, 5.74) is 1.89. The van der Waals surface area contributed by atoms with Crippen molar-refractivity contribution in [3.63, 3.8) is 0 Å². The molecule has 2 aromatic carbocycles. The van der Waals surface area contributed by atoms with Crippen LogP contribution in [0.3, 0.4) is 0 Å². The standard InChI is InChI=1S/C15H11ClIN3O/c1-20-13-5-3-2-4-10(13)14(19-20)15(21)18-12-7-6-9(17)8-11(12)16/h2-8H,1H3,(H,18,21). The molecular weight excluding hydrogens is 401 g/mol. The summed E-state index contributed by atoms with van der Waals surface area (Å²) in [5, 5.41) is 8.43. The normalized spacial score (nSPS) is 10.8. The second kappa shape index (κ2) is 5.65. The molecule has 0 aliphatic carbocycles. The van der Waals surface area contributed by atoms with Crippen LogP contribution in [-0.4, -0.2) is 15.7 Å². The second-order valence-electron chi connectivity index (χ2n) is 4.57. The van der Waals surface area contributed by atoms with Gasteiger partial charge in [0, 0.05) is 16.0 Å². The fourth-order valence-corrected chi connectivity index (χ4v) is 3.06. The topological polar surface area (TPSA) is 46.9 Å². The Hall–Kier alpha value is -1.60. The van der Waals surface area contributed by atoms with Gasteiger partial charge >= 0.3 is 0 Å². The molecule has 0 saturated carbocycles. The largest absolute Gasteiger partial charge is 0.319 e. The average Bonchev–Trinajstić information content (AvgIpc) is 2.80. The highest BCUT2D eigenvalue weighted by Crippen LogP contribution is 2.25. The fraction of sp³-hybridized carbons (Fsp3) is 0.0667. The van der Waals surface area contributed by atoms with Crippen LogP contribution < -0.4 is 5.32 Å². The van der Waals surface area contributed by atoms with Crippen molar-refractivity contribution in [2.24, 2.45) is 7.05 Å². The molecule has 0 aliphatic rings. The molecule has 0 radical (unpaired) electrons. The quantitative estimate of drug-likeness (QED) is 0.646. The van der Waals surface area contributed by atoms with E-state index in [1.165, 1.54) is 0 Å². The number of hydrogen-bond acceptors (Lipinski definition) is 2. The molecule has 1 amide bonds. The van der Waals surface area contributed by atoms with Crippen LogP contribution in [0.25, 0.3) is 10.9 Å². The number of para-hydroxylation sites is 1. The number of nitrogens with zero attached hydrogens (tertiary/aromatic N) is 2. The van der Waals surface area contributed by atoms with E-state index in [-0.39, 0.29) is 5.91 Å². The summed E-state index contributed by atoms with van der Waals surface area (Å²) < 4.78 is 2.71. The Kier molecular flexibility index (Phi) is 3.86. The highest BCUT2D eigenvalue weighted by atomic mass is 127. The first-order chi connectivity index (χ1) is 10.1. The van der Waals surface area contributed by atoms with Crippen LogP contribution in [0.5, 0.6) is 0 Å². The summed E-state index contributed by atoms with van der Waals surface area (Å²) in [4.78, 5) is 12.4. The van der Waals surface area contributed by atoms with Crippen LogP contribution in [0.4, 0.5) is 5.69 Å². The predicted octanol–water partition coefficient (Wildman–Crippen LogP) is 4.08. The molecule has 0 bridgehead atoms. The number of nitrogens with one attached hydrogen (secondary N) is 1. The van der Waals surface area contributed by atoms with E-state index < -0.39 is 0 Å². The third kappa shape index (κ3) is 2.75. The second-order valence-corrected chi connectivity index (χ2v) is 6.22. The Morgan fingerprint density at radius 3 is 2.81 bits per heavy atom. The lowest BCUT2D eigenvalue weighted by Crippen LogP contribution is -2.13. The maximum absolute atomic E-state index is 12.4. The van der Waals surface area contributed by atoms with Crippen molar-refractivity contribution in [1.29, 1.82) is 0 Å². The first-order valence-electron chi connectivity index (χ1n) is 6.24. The van der Waals surface area contributed by atoms with E-state index in [1.807, 2.05) is 37.4 Å². The number of rotatable bonds is 2. The lowest BCUT2D eigenvalue weighted by atomic mass is 10.2. The van der Waals surface area contributed by atoms with E-state index in [4.69, 9.17) is 11.6 Å². The Morgan fingerprint density at radius 1 is 1.29 bits per heavy atom. The monoisotopic (exact) mass is 411 g/mol. The number of aromatic nitrogens is 2. The first kappa shape index (κ1) is 14.3. The molecule has 6 heteroatoms. The molecular formula is C15H11ClIN3O. The van der Waals surface area contributed by atoms with Crippen molar-refractivity contribution in [2.45, 2.75) is 0 Å². The van der Waals surface area contributed by atoms with Crippen LogP contribution in [0, 0.1) is 3.57 Å². The Balaban J connectivity index is 1.98. The molecule has 1 N–H and O–H groups in total. The van der Waals surface area contributed by atoms with Crippen LogP contribution in [-0.2, 0) is 7.05 Å². The lowest BCUT2D eigenvalue weighted by Gasteiger charge is -2.06. The van der Waals surface area contributed by atoms with E-state index in [0.717, 1.165) is 14.5 Å². The van der Waals surface area contributed by atoms with Gasteiger partial charge < -0.3 is 5.32 Å². The Labute approximate surface area is 140 Å². The summed E-state index contributed by atoms with van der Waals surface area (Å²) in [6.45, 7) is 0. The van der Waals surface area contributed by atoms with Gasteiger partial charge in [0.25, 0.3) is 5.91 Å². The third-order valence-electron chi connectivity index (χ3n) is 3.15. The van der Waals surface area contributed by atoms with Crippen molar-refractivity contribution in [3.8, 4) is 0 Å². The van der Waals surface area contributed by atoms with Gasteiger partial charge in [-0.25, -0.2) is 0 Å². The molecule has 4 nitrogen and oxygen atoms in total. The maximum atomic E-state index is 12.4. The van der Waals surface area contributed by atoms with E-state index in [0.29, 0.717) is 16.4 Å². The summed E-state index contributed by atoms with van der Waals surface area (Å²) >= 11 is 8.31. The van der Waals surface area contributed by atoms with Gasteiger partial charge in [-0.3, -0.25) is 9.48 Å². The van der Waals surface area contributed by atoms with Crippen LogP contribution in [0.2, 0.25) is 5.02 Å². The van der Waals surface area contributed by atoms with Gasteiger partial charge in [0.15, 0.2) is 5.69 Å². The van der Waals surface area contributed by atoms with E-state index in [1.54, 1.807) is 16.8 Å². The smallest absolute Gasteiger partial charge is 0.276 e. The Morgan fingerprint density at radius 2 is 2.05 bits per heavy atom. The molecule has 0 aliphatic heterocycles. The molecule has 1 heterocycles. The number of aryl methyl sites for hydroxylation is 1. The summed E-state index contributed by atoms with van der Waals surface area (Å²) in [6.07, 6.45) is 0. The summed E-state index contributed by atoms with van der Waals surface area (Å²) in [5.74, 6) is -0.269. The SMILES string of the molecule is Cn1nc(C(=O)Nc2ccc(I)cc2Cl)c2ccccc21. The van der Waals surface area contributed by atoms with Crippen molar-refractivity contribution in [3.05, 3.63) is 56.8 Å². The number of carbonyl (C=O) groups excluding carboxylic acids is 1. The molecule has 106 valence electrons.